The summed E-state index contributed by atoms with van der Waals surface area (Å²) in [4.78, 5) is 12.8. The van der Waals surface area contributed by atoms with E-state index in [0.717, 1.165) is 10.6 Å². The maximum Gasteiger partial charge on any atom is 0.248 e. The maximum absolute atomic E-state index is 12.8. The van der Waals surface area contributed by atoms with Crippen LogP contribution in [0.1, 0.15) is 6.92 Å². The lowest BCUT2D eigenvalue weighted by Crippen LogP contribution is -2.45. The van der Waals surface area contributed by atoms with Crippen molar-refractivity contribution >= 4 is 50.5 Å². The van der Waals surface area contributed by atoms with Gasteiger partial charge < -0.3 is 14.8 Å². The Hall–Kier alpha value is -2.16. The molecule has 10 heteroatoms. The van der Waals surface area contributed by atoms with Gasteiger partial charge in [0.1, 0.15) is 17.5 Å². The molecule has 7 nitrogen and oxygen atoms in total. The Kier molecular flexibility index (Phi) is 7.03. The molecule has 0 aliphatic heterocycles. The molecule has 0 unspecified atom stereocenters. The van der Waals surface area contributed by atoms with Crippen LogP contribution in [0.3, 0.4) is 0 Å². The molecule has 28 heavy (non-hydrogen) atoms. The van der Waals surface area contributed by atoms with Crippen LogP contribution in [0.25, 0.3) is 0 Å². The van der Waals surface area contributed by atoms with Crippen LogP contribution in [0.15, 0.2) is 36.4 Å². The number of amides is 1. The number of nitrogens with zero attached hydrogens (tertiary/aromatic N) is 1. The van der Waals surface area contributed by atoms with Gasteiger partial charge in [-0.2, -0.15) is 0 Å². The molecule has 1 N–H and O–H groups in total. The van der Waals surface area contributed by atoms with Crippen molar-refractivity contribution in [2.75, 3.05) is 30.1 Å². The van der Waals surface area contributed by atoms with E-state index < -0.39 is 22.0 Å². The highest BCUT2D eigenvalue weighted by atomic mass is 35.5. The van der Waals surface area contributed by atoms with Gasteiger partial charge in [-0.1, -0.05) is 23.2 Å². The molecule has 2 aromatic carbocycles. The van der Waals surface area contributed by atoms with Crippen LogP contribution in [0.2, 0.25) is 10.0 Å². The average molecular weight is 447 g/mol. The molecule has 0 radical (unpaired) electrons. The van der Waals surface area contributed by atoms with E-state index in [0.29, 0.717) is 21.5 Å². The van der Waals surface area contributed by atoms with Gasteiger partial charge in [-0.3, -0.25) is 9.10 Å². The number of benzene rings is 2. The first-order valence-electron chi connectivity index (χ1n) is 8.05. The third kappa shape index (κ3) is 5.01. The number of carbonyl (C=O) groups excluding carboxylic acids is 1. The van der Waals surface area contributed by atoms with Gasteiger partial charge >= 0.3 is 0 Å². The van der Waals surface area contributed by atoms with Gasteiger partial charge in [0.15, 0.2) is 0 Å². The molecule has 0 aliphatic carbocycles. The molecule has 1 atom stereocenters. The highest BCUT2D eigenvalue weighted by Gasteiger charge is 2.32. The number of halogens is 2. The molecule has 0 aromatic heterocycles. The zero-order valence-electron chi connectivity index (χ0n) is 15.7. The van der Waals surface area contributed by atoms with Gasteiger partial charge in [-0.25, -0.2) is 8.42 Å². The first-order valence-corrected chi connectivity index (χ1v) is 10.7. The van der Waals surface area contributed by atoms with Crippen LogP contribution in [-0.2, 0) is 14.8 Å². The Bertz CT molecular complexity index is 982. The molecule has 0 heterocycles. The summed E-state index contributed by atoms with van der Waals surface area (Å²) in [5, 5.41) is 3.34. The van der Waals surface area contributed by atoms with Crippen molar-refractivity contribution in [3.05, 3.63) is 46.4 Å². The third-order valence-corrected chi connectivity index (χ3v) is 5.58. The van der Waals surface area contributed by atoms with E-state index in [1.807, 2.05) is 0 Å². The van der Waals surface area contributed by atoms with Gasteiger partial charge in [0.2, 0.25) is 15.9 Å². The molecule has 152 valence electrons. The largest absolute Gasteiger partial charge is 0.495 e. The quantitative estimate of drug-likeness (QED) is 0.698. The second kappa shape index (κ2) is 8.89. The summed E-state index contributed by atoms with van der Waals surface area (Å²) in [6.07, 6.45) is 0.997. The molecule has 1 amide bonds. The number of methoxy groups -OCH3 is 2. The van der Waals surface area contributed by atoms with E-state index >= 15 is 0 Å². The number of ether oxygens (including phenoxy) is 2. The third-order valence-electron chi connectivity index (χ3n) is 3.89. The fraction of sp³-hybridized carbons (Fsp3) is 0.278. The van der Waals surface area contributed by atoms with Crippen molar-refractivity contribution in [2.45, 2.75) is 13.0 Å². The van der Waals surface area contributed by atoms with Gasteiger partial charge in [0, 0.05) is 10.0 Å². The van der Waals surface area contributed by atoms with Crippen LogP contribution in [0, 0.1) is 0 Å². The smallest absolute Gasteiger partial charge is 0.248 e. The Labute approximate surface area is 174 Å². The number of rotatable bonds is 7. The van der Waals surface area contributed by atoms with E-state index in [1.54, 1.807) is 18.2 Å². The zero-order valence-corrected chi connectivity index (χ0v) is 18.0. The SMILES string of the molecule is COc1ccc(Cl)cc1NC(=O)[C@@H](C)N(c1cc(Cl)ccc1OC)S(C)(=O)=O. The number of nitrogens with one attached hydrogen (secondary N) is 1. The normalized spacial score (nSPS) is 12.2. The summed E-state index contributed by atoms with van der Waals surface area (Å²) >= 11 is 12.0. The number of sulfonamides is 1. The second-order valence-corrected chi connectivity index (χ2v) is 8.62. The average Bonchev–Trinajstić information content (AvgIpc) is 2.61. The molecule has 0 bridgehead atoms. The highest BCUT2D eigenvalue weighted by molar-refractivity contribution is 7.92. The molecule has 0 aliphatic rings. The van der Waals surface area contributed by atoms with Gasteiger partial charge in [0.25, 0.3) is 0 Å². The number of hydrogen-bond donors (Lipinski definition) is 1. The molecule has 0 fully saturated rings. The first kappa shape index (κ1) is 22.1. The monoisotopic (exact) mass is 446 g/mol. The van der Waals surface area contributed by atoms with E-state index in [9.17, 15) is 13.2 Å². The predicted molar refractivity (Wildman–Crippen MR) is 111 cm³/mol. The highest BCUT2D eigenvalue weighted by Crippen LogP contribution is 2.35. The maximum atomic E-state index is 12.8. The van der Waals surface area contributed by atoms with E-state index in [4.69, 9.17) is 32.7 Å². The van der Waals surface area contributed by atoms with Crippen molar-refractivity contribution in [3.63, 3.8) is 0 Å². The second-order valence-electron chi connectivity index (χ2n) is 5.88. The van der Waals surface area contributed by atoms with E-state index in [1.165, 1.54) is 39.3 Å². The van der Waals surface area contributed by atoms with Crippen LogP contribution in [-0.4, -0.2) is 40.8 Å². The Morgan fingerprint density at radius 3 is 2.11 bits per heavy atom. The Morgan fingerprint density at radius 1 is 1.04 bits per heavy atom. The fourth-order valence-corrected chi connectivity index (χ4v) is 4.14. The van der Waals surface area contributed by atoms with Crippen molar-refractivity contribution < 1.29 is 22.7 Å². The molecular formula is C18H20Cl2N2O5S. The van der Waals surface area contributed by atoms with Crippen LogP contribution in [0.4, 0.5) is 11.4 Å². The first-order chi connectivity index (χ1) is 13.1. The standard InChI is InChI=1S/C18H20Cl2N2O5S/c1-11(18(23)21-14-9-12(19)5-7-16(14)26-2)22(28(4,24)25)15-10-13(20)6-8-17(15)27-3/h5-11H,1-4H3,(H,21,23)/t11-/m1/s1. The lowest BCUT2D eigenvalue weighted by Gasteiger charge is -2.29. The van der Waals surface area contributed by atoms with Crippen molar-refractivity contribution in [2.24, 2.45) is 0 Å². The van der Waals surface area contributed by atoms with Crippen molar-refractivity contribution in [1.29, 1.82) is 0 Å². The number of hydrogen-bond acceptors (Lipinski definition) is 5. The number of carbonyl (C=O) groups is 1. The van der Waals surface area contributed by atoms with E-state index in [2.05, 4.69) is 5.32 Å². The van der Waals surface area contributed by atoms with Gasteiger partial charge in [-0.05, 0) is 43.3 Å². The summed E-state index contributed by atoms with van der Waals surface area (Å²) < 4.78 is 36.4. The summed E-state index contributed by atoms with van der Waals surface area (Å²) in [6, 6.07) is 8.11. The predicted octanol–water partition coefficient (Wildman–Crippen LogP) is 3.80. The summed E-state index contributed by atoms with van der Waals surface area (Å²) in [6.45, 7) is 1.45. The molecule has 0 saturated carbocycles. The molecule has 0 spiro atoms. The minimum atomic E-state index is -3.85. The van der Waals surface area contributed by atoms with Crippen LogP contribution < -0.4 is 19.1 Å². The minimum absolute atomic E-state index is 0.151. The minimum Gasteiger partial charge on any atom is -0.495 e. The lowest BCUT2D eigenvalue weighted by molar-refractivity contribution is -0.116. The zero-order chi connectivity index (χ0) is 21.1. The van der Waals surface area contributed by atoms with Crippen molar-refractivity contribution in [1.82, 2.24) is 0 Å². The lowest BCUT2D eigenvalue weighted by atomic mass is 10.2. The Balaban J connectivity index is 2.45. The van der Waals surface area contributed by atoms with Gasteiger partial charge in [-0.15, -0.1) is 0 Å². The topological polar surface area (TPSA) is 84.9 Å². The summed E-state index contributed by atoms with van der Waals surface area (Å²) in [5.41, 5.74) is 0.469. The molecule has 0 saturated heterocycles. The van der Waals surface area contributed by atoms with Gasteiger partial charge in [0.05, 0.1) is 31.9 Å². The van der Waals surface area contributed by atoms with E-state index in [-0.39, 0.29) is 11.4 Å². The van der Waals surface area contributed by atoms with Crippen molar-refractivity contribution in [3.8, 4) is 11.5 Å². The Morgan fingerprint density at radius 2 is 1.57 bits per heavy atom. The molecule has 2 aromatic rings. The molecular weight excluding hydrogens is 427 g/mol. The summed E-state index contributed by atoms with van der Waals surface area (Å²) in [7, 11) is -1.01. The molecule has 2 rings (SSSR count). The van der Waals surface area contributed by atoms with Crippen LogP contribution in [0.5, 0.6) is 11.5 Å². The summed E-state index contributed by atoms with van der Waals surface area (Å²) in [5.74, 6) is 0.0547. The van der Waals surface area contributed by atoms with Crippen LogP contribution >= 0.6 is 23.2 Å². The number of anilines is 2. The fourth-order valence-electron chi connectivity index (χ4n) is 2.63.